The molecule has 0 radical (unpaired) electrons. The zero-order valence-corrected chi connectivity index (χ0v) is 20.2. The summed E-state index contributed by atoms with van der Waals surface area (Å²) in [5.74, 6) is 0.227. The van der Waals surface area contributed by atoms with Crippen molar-refractivity contribution in [3.05, 3.63) is 87.5 Å². The number of anilines is 1. The molecule has 3 aromatic carbocycles. The summed E-state index contributed by atoms with van der Waals surface area (Å²) in [5, 5.41) is 6.03. The molecule has 34 heavy (non-hydrogen) atoms. The van der Waals surface area contributed by atoms with Crippen molar-refractivity contribution in [2.75, 3.05) is 26.6 Å². The average molecular weight is 501 g/mol. The molecule has 0 aliphatic carbocycles. The van der Waals surface area contributed by atoms with Gasteiger partial charge in [0.1, 0.15) is 11.4 Å². The predicted molar refractivity (Wildman–Crippen MR) is 133 cm³/mol. The maximum absolute atomic E-state index is 13.2. The lowest BCUT2D eigenvalue weighted by Gasteiger charge is -2.14. The Kier molecular flexibility index (Phi) is 8.40. The van der Waals surface area contributed by atoms with E-state index in [1.807, 2.05) is 0 Å². The van der Waals surface area contributed by atoms with Gasteiger partial charge in [-0.2, -0.15) is 0 Å². The number of rotatable bonds is 8. The van der Waals surface area contributed by atoms with Gasteiger partial charge in [-0.25, -0.2) is 0 Å². The highest BCUT2D eigenvalue weighted by Crippen LogP contribution is 2.29. The second-order valence-electron chi connectivity index (χ2n) is 6.90. The lowest BCUT2D eigenvalue weighted by atomic mass is 10.1. The molecule has 0 spiro atoms. The van der Waals surface area contributed by atoms with Gasteiger partial charge in [0.25, 0.3) is 11.8 Å². The Bertz CT molecular complexity index is 1240. The third-order valence-corrected chi connectivity index (χ3v) is 5.32. The number of amides is 2. The monoisotopic (exact) mass is 500 g/mol. The third kappa shape index (κ3) is 6.01. The Hall–Kier alpha value is -3.68. The maximum atomic E-state index is 13.2. The highest BCUT2D eigenvalue weighted by molar-refractivity contribution is 6.36. The van der Waals surface area contributed by atoms with Crippen molar-refractivity contribution in [1.29, 1.82) is 0 Å². The van der Waals surface area contributed by atoms with Crippen LogP contribution in [0.1, 0.15) is 15.9 Å². The third-order valence-electron chi connectivity index (χ3n) is 4.75. The Labute approximate surface area is 207 Å². The van der Waals surface area contributed by atoms with E-state index in [1.165, 1.54) is 39.5 Å². The molecular formula is C25H22Cl2N2O5. The Balaban J connectivity index is 1.98. The quantitative estimate of drug-likeness (QED) is 0.402. The van der Waals surface area contributed by atoms with E-state index in [2.05, 4.69) is 10.6 Å². The van der Waals surface area contributed by atoms with E-state index in [0.29, 0.717) is 38.5 Å². The maximum Gasteiger partial charge on any atom is 0.272 e. The Morgan fingerprint density at radius 3 is 2.24 bits per heavy atom. The predicted octanol–water partition coefficient (Wildman–Crippen LogP) is 5.43. The zero-order chi connectivity index (χ0) is 24.7. The van der Waals surface area contributed by atoms with Crippen molar-refractivity contribution in [2.45, 2.75) is 0 Å². The molecule has 0 atom stereocenters. The number of para-hydroxylation sites is 1. The standard InChI is InChI=1S/C25H22Cl2N2O5/c1-32-21-7-5-4-6-15(21)12-20(25(31)28-19-14-17(26)9-10-18(19)27)29-24(30)16-8-11-22(33-2)23(13-16)34-3/h4-14H,1-3H3,(H,28,31)(H,29,30)/b20-12-. The number of nitrogens with one attached hydrogen (secondary N) is 2. The van der Waals surface area contributed by atoms with Crippen molar-refractivity contribution in [3.8, 4) is 17.2 Å². The van der Waals surface area contributed by atoms with Crippen LogP contribution >= 0.6 is 23.2 Å². The molecule has 3 aromatic rings. The Morgan fingerprint density at radius 1 is 0.824 bits per heavy atom. The summed E-state index contributed by atoms with van der Waals surface area (Å²) in [5.41, 5.74) is 1.10. The molecule has 3 rings (SSSR count). The van der Waals surface area contributed by atoms with Gasteiger partial charge >= 0.3 is 0 Å². The summed E-state index contributed by atoms with van der Waals surface area (Å²) in [4.78, 5) is 26.2. The summed E-state index contributed by atoms with van der Waals surface area (Å²) < 4.78 is 15.8. The van der Waals surface area contributed by atoms with E-state index in [9.17, 15) is 9.59 Å². The lowest BCUT2D eigenvalue weighted by molar-refractivity contribution is -0.113. The number of halogens is 2. The van der Waals surface area contributed by atoms with Crippen LogP contribution in [0.2, 0.25) is 10.0 Å². The van der Waals surface area contributed by atoms with Gasteiger partial charge in [0.2, 0.25) is 0 Å². The topological polar surface area (TPSA) is 85.9 Å². The molecule has 0 bridgehead atoms. The van der Waals surface area contributed by atoms with E-state index in [0.717, 1.165) is 0 Å². The molecule has 0 aliphatic rings. The largest absolute Gasteiger partial charge is 0.496 e. The van der Waals surface area contributed by atoms with Crippen molar-refractivity contribution in [3.63, 3.8) is 0 Å². The van der Waals surface area contributed by atoms with E-state index >= 15 is 0 Å². The SMILES string of the molecule is COc1ccccc1/C=C(\NC(=O)c1ccc(OC)c(OC)c1)C(=O)Nc1cc(Cl)ccc1Cl. The van der Waals surface area contributed by atoms with Crippen LogP contribution in [0.5, 0.6) is 17.2 Å². The average Bonchev–Trinajstić information content (AvgIpc) is 2.85. The molecule has 0 heterocycles. The van der Waals surface area contributed by atoms with Gasteiger partial charge in [0.05, 0.1) is 32.0 Å². The zero-order valence-electron chi connectivity index (χ0n) is 18.6. The van der Waals surface area contributed by atoms with Crippen LogP contribution in [0.25, 0.3) is 6.08 Å². The minimum Gasteiger partial charge on any atom is -0.496 e. The molecule has 0 unspecified atom stereocenters. The van der Waals surface area contributed by atoms with Crippen LogP contribution in [0, 0.1) is 0 Å². The van der Waals surface area contributed by atoms with Gasteiger partial charge in [0, 0.05) is 16.1 Å². The number of carbonyl (C=O) groups excluding carboxylic acids is 2. The van der Waals surface area contributed by atoms with Crippen molar-refractivity contribution in [2.24, 2.45) is 0 Å². The number of carbonyl (C=O) groups is 2. The van der Waals surface area contributed by atoms with E-state index in [-0.39, 0.29) is 11.3 Å². The second-order valence-corrected chi connectivity index (χ2v) is 7.75. The molecule has 0 aliphatic heterocycles. The minimum absolute atomic E-state index is 0.0414. The molecular weight excluding hydrogens is 479 g/mol. The molecule has 2 N–H and O–H groups in total. The highest BCUT2D eigenvalue weighted by Gasteiger charge is 2.18. The summed E-state index contributed by atoms with van der Waals surface area (Å²) in [7, 11) is 4.48. The number of ether oxygens (including phenoxy) is 3. The summed E-state index contributed by atoms with van der Waals surface area (Å²) in [6, 6.07) is 16.4. The van der Waals surface area contributed by atoms with Gasteiger partial charge in [-0.15, -0.1) is 0 Å². The summed E-state index contributed by atoms with van der Waals surface area (Å²) in [6.45, 7) is 0. The van der Waals surface area contributed by atoms with E-state index in [4.69, 9.17) is 37.4 Å². The first-order valence-corrected chi connectivity index (χ1v) is 10.8. The highest BCUT2D eigenvalue weighted by atomic mass is 35.5. The fraction of sp³-hybridized carbons (Fsp3) is 0.120. The fourth-order valence-electron chi connectivity index (χ4n) is 3.05. The lowest BCUT2D eigenvalue weighted by Crippen LogP contribution is -2.30. The first-order valence-electron chi connectivity index (χ1n) is 10.0. The normalized spacial score (nSPS) is 10.9. The summed E-state index contributed by atoms with van der Waals surface area (Å²) in [6.07, 6.45) is 1.51. The number of hydrogen-bond acceptors (Lipinski definition) is 5. The van der Waals surface area contributed by atoms with Crippen LogP contribution in [-0.2, 0) is 4.79 Å². The molecule has 9 heteroatoms. The van der Waals surface area contributed by atoms with Crippen LogP contribution in [-0.4, -0.2) is 33.1 Å². The van der Waals surface area contributed by atoms with Crippen LogP contribution < -0.4 is 24.8 Å². The number of benzene rings is 3. The van der Waals surface area contributed by atoms with Crippen LogP contribution in [0.4, 0.5) is 5.69 Å². The minimum atomic E-state index is -0.608. The molecule has 0 saturated carbocycles. The van der Waals surface area contributed by atoms with Crippen molar-refractivity contribution >= 4 is 46.8 Å². The van der Waals surface area contributed by atoms with Crippen molar-refractivity contribution < 1.29 is 23.8 Å². The summed E-state index contributed by atoms with van der Waals surface area (Å²) >= 11 is 12.2. The van der Waals surface area contributed by atoms with E-state index < -0.39 is 11.8 Å². The Morgan fingerprint density at radius 2 is 1.53 bits per heavy atom. The fourth-order valence-corrected chi connectivity index (χ4v) is 3.39. The van der Waals surface area contributed by atoms with Crippen LogP contribution in [0.3, 0.4) is 0 Å². The first-order chi connectivity index (χ1) is 16.4. The second kappa shape index (κ2) is 11.4. The molecule has 2 amide bonds. The first kappa shape index (κ1) is 25.0. The molecule has 0 aromatic heterocycles. The van der Waals surface area contributed by atoms with Crippen molar-refractivity contribution in [1.82, 2.24) is 5.32 Å². The van der Waals surface area contributed by atoms with Gasteiger partial charge in [-0.3, -0.25) is 9.59 Å². The number of methoxy groups -OCH3 is 3. The van der Waals surface area contributed by atoms with Gasteiger partial charge in [-0.1, -0.05) is 41.4 Å². The van der Waals surface area contributed by atoms with Gasteiger partial charge < -0.3 is 24.8 Å². The molecule has 176 valence electrons. The number of hydrogen-bond donors (Lipinski definition) is 2. The molecule has 0 fully saturated rings. The van der Waals surface area contributed by atoms with Gasteiger partial charge in [0.15, 0.2) is 11.5 Å². The molecule has 7 nitrogen and oxygen atoms in total. The van der Waals surface area contributed by atoms with Gasteiger partial charge in [-0.05, 0) is 48.5 Å². The molecule has 0 saturated heterocycles. The van der Waals surface area contributed by atoms with Crippen LogP contribution in [0.15, 0.2) is 66.4 Å². The smallest absolute Gasteiger partial charge is 0.272 e. The van der Waals surface area contributed by atoms with E-state index in [1.54, 1.807) is 48.5 Å².